The number of nitrogens with one attached hydrogen (secondary N) is 2. The average molecular weight is 648 g/mol. The van der Waals surface area contributed by atoms with Gasteiger partial charge < -0.3 is 14.7 Å². The maximum absolute atomic E-state index is 5.48. The molecule has 8 bridgehead atoms. The highest BCUT2D eigenvalue weighted by atomic mass is 79.9. The van der Waals surface area contributed by atoms with E-state index in [1.807, 2.05) is 24.3 Å². The van der Waals surface area contributed by atoms with Gasteiger partial charge in [0, 0.05) is 33.2 Å². The molecular formula is C39H27BrN4O. The monoisotopic (exact) mass is 646 g/mol. The molecule has 2 aliphatic heterocycles. The maximum atomic E-state index is 5.48. The van der Waals surface area contributed by atoms with Crippen LogP contribution >= 0.6 is 15.9 Å². The molecule has 0 saturated heterocycles. The van der Waals surface area contributed by atoms with Crippen LogP contribution in [0.5, 0.6) is 5.75 Å². The first-order chi connectivity index (χ1) is 22.2. The Morgan fingerprint density at radius 1 is 0.467 bits per heavy atom. The van der Waals surface area contributed by atoms with Crippen molar-refractivity contribution < 1.29 is 4.74 Å². The fourth-order valence-electron chi connectivity index (χ4n) is 6.05. The van der Waals surface area contributed by atoms with E-state index in [1.165, 1.54) is 0 Å². The van der Waals surface area contributed by atoms with Gasteiger partial charge in [-0.15, -0.1) is 0 Å². The lowest BCUT2D eigenvalue weighted by Gasteiger charge is -2.07. The van der Waals surface area contributed by atoms with Crippen LogP contribution in [0.15, 0.2) is 114 Å². The lowest BCUT2D eigenvalue weighted by molar-refractivity contribution is 0.415. The Morgan fingerprint density at radius 2 is 0.867 bits per heavy atom. The standard InChI is InChI=1S/C39H27BrN4O/c1-45-27-14-12-26(13-15-27)38-30-18-16-28(41-30)36(24-8-4-2-5-9-24)32-20-22-34(43-32)39(40)35-23-21-33(44-35)37(25-10-6-3-7-11-25)29-17-19-31(38)42-29/h2-23,41,44H,1H3. The number of halogens is 1. The normalized spacial score (nSPS) is 12.0. The Labute approximate surface area is 268 Å². The van der Waals surface area contributed by atoms with E-state index < -0.39 is 0 Å². The number of aromatic nitrogens is 4. The lowest BCUT2D eigenvalue weighted by Crippen LogP contribution is -1.89. The van der Waals surface area contributed by atoms with Gasteiger partial charge in [-0.25, -0.2) is 9.97 Å². The second-order valence-electron chi connectivity index (χ2n) is 10.9. The van der Waals surface area contributed by atoms with Gasteiger partial charge in [0.25, 0.3) is 0 Å². The second-order valence-corrected chi connectivity index (χ2v) is 11.7. The molecule has 3 aromatic carbocycles. The van der Waals surface area contributed by atoms with E-state index in [2.05, 4.69) is 135 Å². The zero-order valence-corrected chi connectivity index (χ0v) is 26.0. The van der Waals surface area contributed by atoms with Crippen molar-refractivity contribution in [1.29, 1.82) is 0 Å². The van der Waals surface area contributed by atoms with Crippen LogP contribution in [0.1, 0.15) is 22.8 Å². The van der Waals surface area contributed by atoms with Crippen LogP contribution in [-0.4, -0.2) is 27.0 Å². The van der Waals surface area contributed by atoms with Crippen LogP contribution in [0.4, 0.5) is 0 Å². The molecule has 3 aromatic heterocycles. The van der Waals surface area contributed by atoms with Crippen molar-refractivity contribution in [2.24, 2.45) is 0 Å². The number of hydrogen-bond donors (Lipinski definition) is 2. The van der Waals surface area contributed by atoms with Gasteiger partial charge >= 0.3 is 0 Å². The zero-order chi connectivity index (χ0) is 30.3. The number of fused-ring (bicyclic) bond motifs is 8. The molecule has 0 radical (unpaired) electrons. The smallest absolute Gasteiger partial charge is 0.118 e. The van der Waals surface area contributed by atoms with E-state index in [-0.39, 0.29) is 0 Å². The first-order valence-corrected chi connectivity index (χ1v) is 15.5. The summed E-state index contributed by atoms with van der Waals surface area (Å²) in [6.07, 6.45) is 8.36. The van der Waals surface area contributed by atoms with Gasteiger partial charge in [0.2, 0.25) is 0 Å². The van der Waals surface area contributed by atoms with Gasteiger partial charge in [-0.3, -0.25) is 0 Å². The van der Waals surface area contributed by atoms with E-state index in [4.69, 9.17) is 14.7 Å². The second kappa shape index (κ2) is 11.2. The van der Waals surface area contributed by atoms with Crippen LogP contribution < -0.4 is 4.74 Å². The van der Waals surface area contributed by atoms with Crippen LogP contribution in [0.3, 0.4) is 0 Å². The quantitative estimate of drug-likeness (QED) is 0.200. The highest BCUT2D eigenvalue weighted by Gasteiger charge is 2.17. The van der Waals surface area contributed by atoms with Gasteiger partial charge in [-0.05, 0) is 93.3 Å². The zero-order valence-electron chi connectivity index (χ0n) is 24.4. The molecule has 5 nitrogen and oxygen atoms in total. The molecule has 0 amide bonds. The van der Waals surface area contributed by atoms with Crippen molar-refractivity contribution in [3.63, 3.8) is 0 Å². The summed E-state index contributed by atoms with van der Waals surface area (Å²) in [4.78, 5) is 17.8. The number of methoxy groups -OCH3 is 1. The van der Waals surface area contributed by atoms with E-state index in [0.29, 0.717) is 0 Å². The van der Waals surface area contributed by atoms with Gasteiger partial charge in [-0.1, -0.05) is 72.8 Å². The third-order valence-electron chi connectivity index (χ3n) is 8.19. The Morgan fingerprint density at radius 3 is 1.36 bits per heavy atom. The minimum atomic E-state index is 0.805. The molecule has 8 rings (SSSR count). The summed E-state index contributed by atoms with van der Waals surface area (Å²) in [6.45, 7) is 0. The predicted octanol–water partition coefficient (Wildman–Crippen LogP) is 10.4. The van der Waals surface area contributed by atoms with Crippen LogP contribution in [0.25, 0.3) is 79.8 Å². The Hall–Kier alpha value is -5.46. The molecule has 6 heteroatoms. The third kappa shape index (κ3) is 4.89. The van der Waals surface area contributed by atoms with Gasteiger partial charge in [0.1, 0.15) is 5.75 Å². The summed E-state index contributed by atoms with van der Waals surface area (Å²) in [6, 6.07) is 37.4. The van der Waals surface area contributed by atoms with Gasteiger partial charge in [0.05, 0.1) is 39.9 Å². The molecule has 45 heavy (non-hydrogen) atoms. The SMILES string of the molecule is COc1ccc(-c2c3nc(c(-c4ccccc4)c4ccc([nH]4)c(Br)c4nc(c(-c5ccccc5)c5ccc2[nH]5)C=C4)C=C3)cc1. The molecule has 0 saturated carbocycles. The molecule has 6 aromatic rings. The fourth-order valence-corrected chi connectivity index (χ4v) is 6.50. The van der Waals surface area contributed by atoms with Crippen molar-refractivity contribution >= 4 is 62.3 Å². The summed E-state index contributed by atoms with van der Waals surface area (Å²) in [5.41, 5.74) is 13.6. The summed E-state index contributed by atoms with van der Waals surface area (Å²) in [7, 11) is 1.68. The Bertz CT molecular complexity index is 2260. The summed E-state index contributed by atoms with van der Waals surface area (Å²) in [5.74, 6) is 0.805. The van der Waals surface area contributed by atoms with E-state index >= 15 is 0 Å². The van der Waals surface area contributed by atoms with E-state index in [0.717, 1.165) is 88.4 Å². The number of benzene rings is 3. The topological polar surface area (TPSA) is 66.6 Å². The summed E-state index contributed by atoms with van der Waals surface area (Å²) < 4.78 is 6.37. The Kier molecular flexibility index (Phi) is 6.77. The molecular weight excluding hydrogens is 620 g/mol. The highest BCUT2D eigenvalue weighted by molar-refractivity contribution is 9.10. The molecule has 0 fully saturated rings. The maximum Gasteiger partial charge on any atom is 0.118 e. The molecule has 2 aliphatic rings. The van der Waals surface area contributed by atoms with E-state index in [9.17, 15) is 0 Å². The van der Waals surface area contributed by atoms with Crippen molar-refractivity contribution in [3.8, 4) is 39.1 Å². The first-order valence-electron chi connectivity index (χ1n) is 14.7. The van der Waals surface area contributed by atoms with Gasteiger partial charge in [-0.2, -0.15) is 0 Å². The largest absolute Gasteiger partial charge is 0.497 e. The fraction of sp³-hybridized carbons (Fsp3) is 0.0256. The minimum Gasteiger partial charge on any atom is -0.497 e. The average Bonchev–Trinajstić information content (AvgIpc) is 3.92. The first kappa shape index (κ1) is 27.1. The molecule has 0 unspecified atom stereocenters. The molecule has 2 N–H and O–H groups in total. The van der Waals surface area contributed by atoms with Crippen molar-refractivity contribution in [2.45, 2.75) is 0 Å². The molecule has 216 valence electrons. The van der Waals surface area contributed by atoms with Crippen LogP contribution in [-0.2, 0) is 0 Å². The lowest BCUT2D eigenvalue weighted by atomic mass is 10.0. The number of aromatic amines is 2. The van der Waals surface area contributed by atoms with E-state index in [1.54, 1.807) is 7.11 Å². The third-order valence-corrected chi connectivity index (χ3v) is 9.03. The van der Waals surface area contributed by atoms with Crippen LogP contribution in [0.2, 0.25) is 0 Å². The predicted molar refractivity (Wildman–Crippen MR) is 189 cm³/mol. The number of hydrogen-bond acceptors (Lipinski definition) is 3. The summed E-state index contributed by atoms with van der Waals surface area (Å²) >= 11 is 3.86. The van der Waals surface area contributed by atoms with Gasteiger partial charge in [0.15, 0.2) is 0 Å². The molecule has 0 spiro atoms. The number of nitrogens with zero attached hydrogens (tertiary/aromatic N) is 2. The minimum absolute atomic E-state index is 0.805. The number of ether oxygens (including phenoxy) is 1. The highest BCUT2D eigenvalue weighted by Crippen LogP contribution is 2.37. The molecule has 5 heterocycles. The molecule has 0 aliphatic carbocycles. The van der Waals surface area contributed by atoms with Crippen molar-refractivity contribution in [1.82, 2.24) is 19.9 Å². The Balaban J connectivity index is 1.54. The summed E-state index contributed by atoms with van der Waals surface area (Å²) in [5, 5.41) is 0. The van der Waals surface area contributed by atoms with Crippen LogP contribution in [0, 0.1) is 0 Å². The van der Waals surface area contributed by atoms with Crippen molar-refractivity contribution in [3.05, 3.63) is 136 Å². The van der Waals surface area contributed by atoms with Crippen molar-refractivity contribution in [2.75, 3.05) is 7.11 Å². The number of rotatable bonds is 4. The molecule has 0 atom stereocenters. The number of H-pyrrole nitrogens is 2.